The summed E-state index contributed by atoms with van der Waals surface area (Å²) in [6.07, 6.45) is 1.52. The van der Waals surface area contributed by atoms with E-state index in [1.54, 1.807) is 0 Å². The zero-order valence-corrected chi connectivity index (χ0v) is 19.6. The largest absolute Gasteiger partial charge is 0.394 e. The van der Waals surface area contributed by atoms with Crippen molar-refractivity contribution in [2.75, 3.05) is 53.7 Å². The second kappa shape index (κ2) is 9.71. The fourth-order valence-electron chi connectivity index (χ4n) is 4.18. The molecule has 168 valence electrons. The van der Waals surface area contributed by atoms with Crippen molar-refractivity contribution < 1.29 is 9.32 Å². The van der Waals surface area contributed by atoms with E-state index in [-0.39, 0.29) is 12.6 Å². The molecule has 1 saturated heterocycles. The van der Waals surface area contributed by atoms with E-state index in [9.17, 15) is 9.32 Å². The molecule has 2 N–H and O–H groups in total. The van der Waals surface area contributed by atoms with Gasteiger partial charge in [-0.05, 0) is 36.6 Å². The Morgan fingerprint density at radius 1 is 1.13 bits per heavy atom. The molecular formula is C22H30ClN5O2S. The number of piperazine rings is 1. The minimum atomic E-state index is -1.09. The van der Waals surface area contributed by atoms with Gasteiger partial charge in [-0.15, -0.1) is 0 Å². The van der Waals surface area contributed by atoms with E-state index in [2.05, 4.69) is 29.0 Å². The lowest BCUT2D eigenvalue weighted by molar-refractivity contribution is 0.259. The fraction of sp³-hybridized carbons (Fsp3) is 0.545. The first-order valence-corrected chi connectivity index (χ1v) is 12.6. The Bertz CT molecular complexity index is 932. The summed E-state index contributed by atoms with van der Waals surface area (Å²) in [4.78, 5) is 14.8. The Morgan fingerprint density at radius 2 is 1.81 bits per heavy atom. The van der Waals surface area contributed by atoms with Gasteiger partial charge in [0.2, 0.25) is 5.95 Å². The van der Waals surface area contributed by atoms with Crippen molar-refractivity contribution in [2.45, 2.75) is 37.6 Å². The van der Waals surface area contributed by atoms with E-state index in [1.165, 1.54) is 0 Å². The number of aryl methyl sites for hydroxylation is 1. The van der Waals surface area contributed by atoms with Gasteiger partial charge in [-0.2, -0.15) is 4.98 Å². The van der Waals surface area contributed by atoms with E-state index in [0.29, 0.717) is 34.8 Å². The predicted molar refractivity (Wildman–Crippen MR) is 127 cm³/mol. The fourth-order valence-corrected chi connectivity index (χ4v) is 5.62. The standard InChI is InChI=1S/C22H30ClN5O2S/c1-15(2)13-17(14-29)24-21-20-19(7-12-31(20)30)25-22(26-21)28-10-8-27(9-11-28)18-5-3-16(23)4-6-18/h3-6,15,17,29H,7-14H2,1-2H3,(H,24,25,26)/t17-,31?/m1/s1. The molecule has 1 aromatic heterocycles. The van der Waals surface area contributed by atoms with Crippen molar-refractivity contribution in [3.63, 3.8) is 0 Å². The quantitative estimate of drug-likeness (QED) is 0.653. The second-order valence-corrected chi connectivity index (χ2v) is 10.5. The van der Waals surface area contributed by atoms with Gasteiger partial charge in [0, 0.05) is 49.1 Å². The van der Waals surface area contributed by atoms with Gasteiger partial charge in [0.15, 0.2) is 0 Å². The third-order valence-electron chi connectivity index (χ3n) is 5.75. The van der Waals surface area contributed by atoms with E-state index in [1.807, 2.05) is 24.3 Å². The number of rotatable bonds is 7. The molecule has 0 spiro atoms. The topological polar surface area (TPSA) is 81.6 Å². The van der Waals surface area contributed by atoms with E-state index in [0.717, 1.165) is 49.0 Å². The first-order chi connectivity index (χ1) is 14.9. The van der Waals surface area contributed by atoms with Gasteiger partial charge < -0.3 is 20.2 Å². The Labute approximate surface area is 191 Å². The number of hydrogen-bond donors (Lipinski definition) is 2. The van der Waals surface area contributed by atoms with E-state index in [4.69, 9.17) is 21.6 Å². The van der Waals surface area contributed by atoms with Crippen molar-refractivity contribution in [3.05, 3.63) is 35.0 Å². The van der Waals surface area contributed by atoms with Crippen molar-refractivity contribution >= 4 is 39.9 Å². The van der Waals surface area contributed by atoms with Crippen LogP contribution in [0.1, 0.15) is 26.0 Å². The van der Waals surface area contributed by atoms with Gasteiger partial charge in [0.05, 0.1) is 29.1 Å². The summed E-state index contributed by atoms with van der Waals surface area (Å²) in [5.74, 6) is 2.32. The van der Waals surface area contributed by atoms with Crippen LogP contribution in [0, 0.1) is 5.92 Å². The summed E-state index contributed by atoms with van der Waals surface area (Å²) >= 11 is 6.01. The molecule has 1 unspecified atom stereocenters. The molecule has 31 heavy (non-hydrogen) atoms. The highest BCUT2D eigenvalue weighted by atomic mass is 35.5. The molecule has 1 aromatic carbocycles. The minimum absolute atomic E-state index is 0.0126. The number of benzene rings is 1. The van der Waals surface area contributed by atoms with Gasteiger partial charge in [-0.3, -0.25) is 4.21 Å². The van der Waals surface area contributed by atoms with Gasteiger partial charge >= 0.3 is 0 Å². The van der Waals surface area contributed by atoms with Gasteiger partial charge in [-0.25, -0.2) is 4.98 Å². The first-order valence-electron chi connectivity index (χ1n) is 10.9. The van der Waals surface area contributed by atoms with Crippen LogP contribution in [-0.4, -0.2) is 63.9 Å². The van der Waals surface area contributed by atoms with Crippen LogP contribution < -0.4 is 15.1 Å². The molecule has 0 bridgehead atoms. The Kier molecular flexibility index (Phi) is 6.99. The third kappa shape index (κ3) is 5.13. The lowest BCUT2D eigenvalue weighted by atomic mass is 10.0. The summed E-state index contributed by atoms with van der Waals surface area (Å²) < 4.78 is 12.6. The molecule has 2 atom stereocenters. The van der Waals surface area contributed by atoms with Crippen LogP contribution in [0.2, 0.25) is 5.02 Å². The molecule has 3 heterocycles. The van der Waals surface area contributed by atoms with E-state index >= 15 is 0 Å². The number of nitrogens with zero attached hydrogens (tertiary/aromatic N) is 4. The smallest absolute Gasteiger partial charge is 0.227 e. The number of aliphatic hydroxyl groups excluding tert-OH is 1. The van der Waals surface area contributed by atoms with Gasteiger partial charge in [0.25, 0.3) is 0 Å². The summed E-state index contributed by atoms with van der Waals surface area (Å²) in [5.41, 5.74) is 2.03. The molecule has 2 aromatic rings. The van der Waals surface area contributed by atoms with Crippen LogP contribution in [-0.2, 0) is 17.2 Å². The lowest BCUT2D eigenvalue weighted by Gasteiger charge is -2.36. The van der Waals surface area contributed by atoms with Crippen molar-refractivity contribution in [1.29, 1.82) is 0 Å². The SMILES string of the molecule is CC(C)C[C@H](CO)Nc1nc(N2CCN(c3ccc(Cl)cc3)CC2)nc2c1S(=O)CC2. The average molecular weight is 464 g/mol. The highest BCUT2D eigenvalue weighted by Crippen LogP contribution is 2.31. The maximum absolute atomic E-state index is 12.6. The minimum Gasteiger partial charge on any atom is -0.394 e. The van der Waals surface area contributed by atoms with Crippen molar-refractivity contribution in [3.8, 4) is 0 Å². The highest BCUT2D eigenvalue weighted by Gasteiger charge is 2.29. The van der Waals surface area contributed by atoms with Crippen molar-refractivity contribution in [1.82, 2.24) is 9.97 Å². The zero-order valence-electron chi connectivity index (χ0n) is 18.1. The van der Waals surface area contributed by atoms with Crippen molar-refractivity contribution in [2.24, 2.45) is 5.92 Å². The molecule has 0 aliphatic carbocycles. The first kappa shape index (κ1) is 22.3. The Hall–Kier alpha value is -1.90. The predicted octanol–water partition coefficient (Wildman–Crippen LogP) is 2.94. The molecule has 9 heteroatoms. The van der Waals surface area contributed by atoms with Crippen LogP contribution in [0.3, 0.4) is 0 Å². The summed E-state index contributed by atoms with van der Waals surface area (Å²) in [5, 5.41) is 13.9. The Balaban J connectivity index is 1.52. The van der Waals surface area contributed by atoms with Gasteiger partial charge in [-0.1, -0.05) is 25.4 Å². The molecule has 0 saturated carbocycles. The summed E-state index contributed by atoms with van der Waals surface area (Å²) in [6, 6.07) is 7.81. The molecule has 7 nitrogen and oxygen atoms in total. The van der Waals surface area contributed by atoms with Crippen LogP contribution in [0.25, 0.3) is 0 Å². The maximum atomic E-state index is 12.6. The second-order valence-electron chi connectivity index (χ2n) is 8.55. The number of nitrogens with one attached hydrogen (secondary N) is 1. The average Bonchev–Trinajstić information content (AvgIpc) is 3.14. The molecule has 4 rings (SSSR count). The van der Waals surface area contributed by atoms with Crippen LogP contribution >= 0.6 is 11.6 Å². The molecule has 0 radical (unpaired) electrons. The lowest BCUT2D eigenvalue weighted by Crippen LogP contribution is -2.47. The number of anilines is 3. The maximum Gasteiger partial charge on any atom is 0.227 e. The number of hydrogen-bond acceptors (Lipinski definition) is 7. The third-order valence-corrected chi connectivity index (χ3v) is 7.46. The monoisotopic (exact) mass is 463 g/mol. The number of halogens is 1. The molecule has 0 amide bonds. The van der Waals surface area contributed by atoms with Gasteiger partial charge in [0.1, 0.15) is 10.7 Å². The molecular weight excluding hydrogens is 434 g/mol. The Morgan fingerprint density at radius 3 is 2.45 bits per heavy atom. The zero-order chi connectivity index (χ0) is 22.0. The summed E-state index contributed by atoms with van der Waals surface area (Å²) in [6.45, 7) is 7.60. The number of aliphatic hydroxyl groups is 1. The number of fused-ring (bicyclic) bond motifs is 1. The normalized spacial score (nSPS) is 19.6. The number of aromatic nitrogens is 2. The molecule has 2 aliphatic heterocycles. The highest BCUT2D eigenvalue weighted by molar-refractivity contribution is 7.85. The molecule has 1 fully saturated rings. The van der Waals surface area contributed by atoms with Crippen LogP contribution in [0.4, 0.5) is 17.5 Å². The summed E-state index contributed by atoms with van der Waals surface area (Å²) in [7, 11) is -1.09. The van der Waals surface area contributed by atoms with Crippen LogP contribution in [0.5, 0.6) is 0 Å². The molecule has 2 aliphatic rings. The van der Waals surface area contributed by atoms with Crippen LogP contribution in [0.15, 0.2) is 29.2 Å². The van der Waals surface area contributed by atoms with E-state index < -0.39 is 10.8 Å².